The van der Waals surface area contributed by atoms with E-state index in [1.54, 1.807) is 12.3 Å². The second-order valence-electron chi connectivity index (χ2n) is 4.31. The van der Waals surface area contributed by atoms with E-state index in [2.05, 4.69) is 15.5 Å². The Kier molecular flexibility index (Phi) is 2.72. The maximum Gasteiger partial charge on any atom is 0.157 e. The molecule has 0 radical (unpaired) electrons. The third kappa shape index (κ3) is 2.18. The number of hydrogen-bond donors (Lipinski definition) is 4. The molecule has 5 heteroatoms. The second-order valence-corrected chi connectivity index (χ2v) is 4.31. The van der Waals surface area contributed by atoms with Gasteiger partial charge in [0.05, 0.1) is 11.7 Å². The van der Waals surface area contributed by atoms with Crippen LogP contribution in [0.4, 0.5) is 5.69 Å². The molecule has 96 valence electrons. The highest BCUT2D eigenvalue weighted by molar-refractivity contribution is 5.90. The number of nitrogens with one attached hydrogen (secondary N) is 2. The van der Waals surface area contributed by atoms with Crippen LogP contribution in [0.2, 0.25) is 0 Å². The van der Waals surface area contributed by atoms with Crippen molar-refractivity contribution in [3.8, 4) is 11.5 Å². The highest BCUT2D eigenvalue weighted by atomic mass is 16.3. The molecule has 0 aliphatic carbocycles. The average molecular weight is 255 g/mol. The van der Waals surface area contributed by atoms with Crippen molar-refractivity contribution < 1.29 is 10.2 Å². The number of rotatable bonds is 3. The smallest absolute Gasteiger partial charge is 0.157 e. The van der Waals surface area contributed by atoms with Crippen LogP contribution in [-0.2, 0) is 6.54 Å². The molecule has 0 bridgehead atoms. The van der Waals surface area contributed by atoms with Gasteiger partial charge in [0.1, 0.15) is 0 Å². The van der Waals surface area contributed by atoms with E-state index in [4.69, 9.17) is 0 Å². The molecule has 1 heterocycles. The van der Waals surface area contributed by atoms with Gasteiger partial charge in [-0.3, -0.25) is 5.10 Å². The van der Waals surface area contributed by atoms with Gasteiger partial charge in [0.15, 0.2) is 11.5 Å². The number of aromatic nitrogens is 2. The van der Waals surface area contributed by atoms with Crippen molar-refractivity contribution in [3.05, 3.63) is 48.2 Å². The van der Waals surface area contributed by atoms with Crippen molar-refractivity contribution in [2.45, 2.75) is 6.54 Å². The first-order valence-electron chi connectivity index (χ1n) is 5.91. The summed E-state index contributed by atoms with van der Waals surface area (Å²) in [6, 6.07) is 10.6. The zero-order chi connectivity index (χ0) is 13.2. The summed E-state index contributed by atoms with van der Waals surface area (Å²) < 4.78 is 0. The molecule has 3 rings (SSSR count). The lowest BCUT2D eigenvalue weighted by molar-refractivity contribution is 0.403. The minimum absolute atomic E-state index is 0.110. The average Bonchev–Trinajstić information content (AvgIpc) is 2.89. The Morgan fingerprint density at radius 3 is 2.84 bits per heavy atom. The lowest BCUT2D eigenvalue weighted by Gasteiger charge is -2.08. The van der Waals surface area contributed by atoms with Gasteiger partial charge >= 0.3 is 0 Å². The molecule has 2 aromatic carbocycles. The monoisotopic (exact) mass is 255 g/mol. The topological polar surface area (TPSA) is 81.2 Å². The van der Waals surface area contributed by atoms with E-state index in [0.29, 0.717) is 6.54 Å². The van der Waals surface area contributed by atoms with E-state index in [9.17, 15) is 10.2 Å². The van der Waals surface area contributed by atoms with Crippen molar-refractivity contribution >= 4 is 16.6 Å². The van der Waals surface area contributed by atoms with Crippen LogP contribution in [0.5, 0.6) is 11.5 Å². The molecule has 19 heavy (non-hydrogen) atoms. The Labute approximate surface area is 109 Å². The molecular weight excluding hydrogens is 242 g/mol. The van der Waals surface area contributed by atoms with Crippen LogP contribution in [0.1, 0.15) is 5.56 Å². The first-order valence-corrected chi connectivity index (χ1v) is 5.91. The van der Waals surface area contributed by atoms with Crippen LogP contribution in [0, 0.1) is 0 Å². The Morgan fingerprint density at radius 1 is 1.11 bits per heavy atom. The molecule has 0 spiro atoms. The van der Waals surface area contributed by atoms with Crippen molar-refractivity contribution in [1.82, 2.24) is 10.2 Å². The van der Waals surface area contributed by atoms with Crippen LogP contribution in [0.3, 0.4) is 0 Å². The number of benzene rings is 2. The number of nitrogens with zero attached hydrogens (tertiary/aromatic N) is 1. The zero-order valence-corrected chi connectivity index (χ0v) is 10.1. The molecule has 5 nitrogen and oxygen atoms in total. The standard InChI is InChI=1S/C14H13N3O2/c18-13-5-4-9(6-14(13)19)7-15-11-2-1-3-12-10(11)8-16-17-12/h1-6,8,15,18-19H,7H2,(H,16,17). The maximum absolute atomic E-state index is 9.44. The van der Waals surface area contributed by atoms with E-state index in [1.165, 1.54) is 12.1 Å². The summed E-state index contributed by atoms with van der Waals surface area (Å²) in [5.41, 5.74) is 2.83. The second kappa shape index (κ2) is 4.53. The summed E-state index contributed by atoms with van der Waals surface area (Å²) in [4.78, 5) is 0. The first-order chi connectivity index (χ1) is 9.24. The van der Waals surface area contributed by atoms with Gasteiger partial charge in [0, 0.05) is 17.6 Å². The van der Waals surface area contributed by atoms with Crippen LogP contribution in [0.25, 0.3) is 10.9 Å². The summed E-state index contributed by atoms with van der Waals surface area (Å²) in [5.74, 6) is -0.221. The quantitative estimate of drug-likeness (QED) is 0.542. The number of H-pyrrole nitrogens is 1. The molecule has 0 aliphatic rings. The fourth-order valence-corrected chi connectivity index (χ4v) is 2.00. The highest BCUT2D eigenvalue weighted by Crippen LogP contribution is 2.26. The van der Waals surface area contributed by atoms with Crippen molar-refractivity contribution in [2.24, 2.45) is 0 Å². The third-order valence-corrected chi connectivity index (χ3v) is 3.01. The fraction of sp³-hybridized carbons (Fsp3) is 0.0714. The Hall–Kier alpha value is -2.69. The van der Waals surface area contributed by atoms with Crippen LogP contribution in [0.15, 0.2) is 42.6 Å². The molecule has 4 N–H and O–H groups in total. The molecule has 3 aromatic rings. The molecule has 0 saturated carbocycles. The molecule has 1 aromatic heterocycles. The van der Waals surface area contributed by atoms with Gasteiger partial charge in [-0.1, -0.05) is 12.1 Å². The molecule has 0 amide bonds. The number of hydrogen-bond acceptors (Lipinski definition) is 4. The van der Waals surface area contributed by atoms with Gasteiger partial charge in [-0.25, -0.2) is 0 Å². The van der Waals surface area contributed by atoms with E-state index in [0.717, 1.165) is 22.2 Å². The molecule has 0 fully saturated rings. The number of phenolic OH excluding ortho intramolecular Hbond substituents is 2. The van der Waals surface area contributed by atoms with E-state index >= 15 is 0 Å². The molecule has 0 unspecified atom stereocenters. The van der Waals surface area contributed by atoms with Gasteiger partial charge in [0.2, 0.25) is 0 Å². The third-order valence-electron chi connectivity index (χ3n) is 3.01. The van der Waals surface area contributed by atoms with Gasteiger partial charge < -0.3 is 15.5 Å². The highest BCUT2D eigenvalue weighted by Gasteiger charge is 2.04. The first kappa shape index (κ1) is 11.4. The predicted octanol–water partition coefficient (Wildman–Crippen LogP) is 2.59. The summed E-state index contributed by atoms with van der Waals surface area (Å²) in [5, 5.41) is 29.9. The molecule has 0 saturated heterocycles. The van der Waals surface area contributed by atoms with Crippen LogP contribution < -0.4 is 5.32 Å². The largest absolute Gasteiger partial charge is 0.504 e. The number of aromatic amines is 1. The van der Waals surface area contributed by atoms with Crippen molar-refractivity contribution in [3.63, 3.8) is 0 Å². The van der Waals surface area contributed by atoms with Crippen molar-refractivity contribution in [1.29, 1.82) is 0 Å². The SMILES string of the molecule is Oc1ccc(CNc2cccc3[nH]ncc23)cc1O. The number of phenols is 2. The Bertz CT molecular complexity index is 722. The van der Waals surface area contributed by atoms with E-state index in [1.807, 2.05) is 18.2 Å². The number of aromatic hydroxyl groups is 2. The van der Waals surface area contributed by atoms with Gasteiger partial charge in [-0.05, 0) is 29.8 Å². The minimum Gasteiger partial charge on any atom is -0.504 e. The zero-order valence-electron chi connectivity index (χ0n) is 10.1. The maximum atomic E-state index is 9.44. The lowest BCUT2D eigenvalue weighted by atomic mass is 10.2. The number of anilines is 1. The Balaban J connectivity index is 1.82. The fourth-order valence-electron chi connectivity index (χ4n) is 2.00. The summed E-state index contributed by atoms with van der Waals surface area (Å²) in [6.07, 6.45) is 1.77. The predicted molar refractivity (Wildman–Crippen MR) is 73.2 cm³/mol. The molecule has 0 aliphatic heterocycles. The Morgan fingerprint density at radius 2 is 2.00 bits per heavy atom. The minimum atomic E-state index is -0.110. The van der Waals surface area contributed by atoms with Gasteiger partial charge in [0.25, 0.3) is 0 Å². The summed E-state index contributed by atoms with van der Waals surface area (Å²) in [7, 11) is 0. The van der Waals surface area contributed by atoms with Crippen LogP contribution in [-0.4, -0.2) is 20.4 Å². The molecule has 0 atom stereocenters. The van der Waals surface area contributed by atoms with Crippen LogP contribution >= 0.6 is 0 Å². The lowest BCUT2D eigenvalue weighted by Crippen LogP contribution is -1.99. The summed E-state index contributed by atoms with van der Waals surface area (Å²) in [6.45, 7) is 0.554. The van der Waals surface area contributed by atoms with Crippen molar-refractivity contribution in [2.75, 3.05) is 5.32 Å². The van der Waals surface area contributed by atoms with E-state index in [-0.39, 0.29) is 11.5 Å². The normalized spacial score (nSPS) is 10.7. The van der Waals surface area contributed by atoms with E-state index < -0.39 is 0 Å². The van der Waals surface area contributed by atoms with Gasteiger partial charge in [-0.2, -0.15) is 5.10 Å². The van der Waals surface area contributed by atoms with Gasteiger partial charge in [-0.15, -0.1) is 0 Å². The number of fused-ring (bicyclic) bond motifs is 1. The summed E-state index contributed by atoms with van der Waals surface area (Å²) >= 11 is 0. The molecular formula is C14H13N3O2.